The molecule has 0 aliphatic rings. The Morgan fingerprint density at radius 1 is 1.39 bits per heavy atom. The van der Waals surface area contributed by atoms with Crippen LogP contribution >= 0.6 is 11.6 Å². The van der Waals surface area contributed by atoms with Crippen LogP contribution in [0.3, 0.4) is 0 Å². The van der Waals surface area contributed by atoms with Crippen LogP contribution in [-0.4, -0.2) is 13.7 Å². The first-order chi connectivity index (χ1) is 8.37. The fraction of sp³-hybridized carbons (Fsp3) is 0.250. The summed E-state index contributed by atoms with van der Waals surface area (Å²) in [5, 5.41) is 11.6. The first-order valence-electron chi connectivity index (χ1n) is 5.24. The number of nitrogens with zero attached hydrogens (tertiary/aromatic N) is 1. The topological polar surface area (TPSA) is 70.0 Å². The SMILES string of the molecule is CC(C)S(=O)(=O)/C(C#N)=C/Nc1ccc(Cl)cc1. The molecule has 1 aromatic carbocycles. The summed E-state index contributed by atoms with van der Waals surface area (Å²) in [7, 11) is -3.56. The first kappa shape index (κ1) is 14.6. The number of allylic oxidation sites excluding steroid dienone is 1. The normalized spacial score (nSPS) is 12.3. The minimum Gasteiger partial charge on any atom is -0.360 e. The van der Waals surface area contributed by atoms with Crippen molar-refractivity contribution in [3.8, 4) is 6.07 Å². The van der Waals surface area contributed by atoms with Gasteiger partial charge in [-0.3, -0.25) is 0 Å². The molecule has 0 saturated heterocycles. The quantitative estimate of drug-likeness (QED) is 0.863. The average Bonchev–Trinajstić information content (AvgIpc) is 2.31. The van der Waals surface area contributed by atoms with Crippen LogP contribution in [0.1, 0.15) is 13.8 Å². The van der Waals surface area contributed by atoms with Gasteiger partial charge < -0.3 is 5.32 Å². The fourth-order valence-corrected chi connectivity index (χ4v) is 2.11. The van der Waals surface area contributed by atoms with Gasteiger partial charge in [-0.15, -0.1) is 0 Å². The van der Waals surface area contributed by atoms with Crippen molar-refractivity contribution >= 4 is 27.1 Å². The van der Waals surface area contributed by atoms with E-state index in [1.807, 2.05) is 0 Å². The lowest BCUT2D eigenvalue weighted by Gasteiger charge is -2.06. The maximum atomic E-state index is 11.8. The van der Waals surface area contributed by atoms with E-state index >= 15 is 0 Å². The van der Waals surface area contributed by atoms with Gasteiger partial charge in [-0.1, -0.05) is 11.6 Å². The van der Waals surface area contributed by atoms with Gasteiger partial charge in [0.1, 0.15) is 6.07 Å². The molecule has 0 aromatic heterocycles. The molecule has 0 atom stereocenters. The third-order valence-corrected chi connectivity index (χ3v) is 4.57. The summed E-state index contributed by atoms with van der Waals surface area (Å²) in [6, 6.07) is 8.41. The van der Waals surface area contributed by atoms with Crippen LogP contribution in [0.25, 0.3) is 0 Å². The Kier molecular flexibility index (Phi) is 4.76. The number of nitrogens with one attached hydrogen (secondary N) is 1. The van der Waals surface area contributed by atoms with E-state index in [9.17, 15) is 8.42 Å². The van der Waals surface area contributed by atoms with Crippen molar-refractivity contribution in [2.75, 3.05) is 5.32 Å². The van der Waals surface area contributed by atoms with Crippen molar-refractivity contribution in [1.82, 2.24) is 0 Å². The van der Waals surface area contributed by atoms with E-state index in [2.05, 4.69) is 5.32 Å². The van der Waals surface area contributed by atoms with Gasteiger partial charge in [0.05, 0.1) is 5.25 Å². The highest BCUT2D eigenvalue weighted by atomic mass is 35.5. The number of hydrogen-bond donors (Lipinski definition) is 1. The summed E-state index contributed by atoms with van der Waals surface area (Å²) in [5.41, 5.74) is 0.658. The van der Waals surface area contributed by atoms with Crippen LogP contribution in [0.4, 0.5) is 5.69 Å². The molecular weight excluding hydrogens is 272 g/mol. The van der Waals surface area contributed by atoms with Gasteiger partial charge in [0.2, 0.25) is 0 Å². The van der Waals surface area contributed by atoms with E-state index in [4.69, 9.17) is 16.9 Å². The Morgan fingerprint density at radius 2 is 1.94 bits per heavy atom. The van der Waals surface area contributed by atoms with Gasteiger partial charge >= 0.3 is 0 Å². The number of nitriles is 1. The van der Waals surface area contributed by atoms with E-state index in [0.29, 0.717) is 10.7 Å². The van der Waals surface area contributed by atoms with Crippen molar-refractivity contribution in [3.63, 3.8) is 0 Å². The molecule has 96 valence electrons. The Morgan fingerprint density at radius 3 is 2.39 bits per heavy atom. The second-order valence-corrected chi connectivity index (χ2v) is 6.77. The van der Waals surface area contributed by atoms with Crippen LogP contribution < -0.4 is 5.32 Å². The zero-order valence-corrected chi connectivity index (χ0v) is 11.6. The Balaban J connectivity index is 2.95. The molecule has 0 bridgehead atoms. The zero-order chi connectivity index (χ0) is 13.8. The van der Waals surface area contributed by atoms with Crippen LogP contribution in [-0.2, 0) is 9.84 Å². The van der Waals surface area contributed by atoms with Gasteiger partial charge in [-0.05, 0) is 38.1 Å². The largest absolute Gasteiger partial charge is 0.360 e. The molecule has 0 aliphatic heterocycles. The number of hydrogen-bond acceptors (Lipinski definition) is 4. The molecule has 0 aliphatic carbocycles. The molecule has 0 fully saturated rings. The smallest absolute Gasteiger partial charge is 0.192 e. The van der Waals surface area contributed by atoms with E-state index in [1.165, 1.54) is 20.0 Å². The van der Waals surface area contributed by atoms with Gasteiger partial charge in [0.15, 0.2) is 14.7 Å². The molecular formula is C12H13ClN2O2S. The Labute approximate surface area is 112 Å². The van der Waals surface area contributed by atoms with Crippen molar-refractivity contribution < 1.29 is 8.42 Å². The van der Waals surface area contributed by atoms with Crippen LogP contribution in [0.5, 0.6) is 0 Å². The summed E-state index contributed by atoms with van der Waals surface area (Å²) in [5.74, 6) is 0. The molecule has 18 heavy (non-hydrogen) atoms. The molecule has 4 nitrogen and oxygen atoms in total. The van der Waals surface area contributed by atoms with Gasteiger partial charge in [-0.25, -0.2) is 8.42 Å². The monoisotopic (exact) mass is 284 g/mol. The minimum absolute atomic E-state index is 0.285. The zero-order valence-electron chi connectivity index (χ0n) is 10.0. The summed E-state index contributed by atoms with van der Waals surface area (Å²) < 4.78 is 23.6. The van der Waals surface area contributed by atoms with Gasteiger partial charge in [-0.2, -0.15) is 5.26 Å². The summed E-state index contributed by atoms with van der Waals surface area (Å²) in [4.78, 5) is -0.285. The molecule has 0 heterocycles. The van der Waals surface area contributed by atoms with E-state index < -0.39 is 15.1 Å². The molecule has 0 unspecified atom stereocenters. The molecule has 0 amide bonds. The maximum Gasteiger partial charge on any atom is 0.192 e. The molecule has 1 N–H and O–H groups in total. The predicted octanol–water partition coefficient (Wildman–Crippen LogP) is 2.94. The van der Waals surface area contributed by atoms with Crippen molar-refractivity contribution in [2.45, 2.75) is 19.1 Å². The fourth-order valence-electron chi connectivity index (χ4n) is 1.13. The predicted molar refractivity (Wildman–Crippen MR) is 72.8 cm³/mol. The molecule has 6 heteroatoms. The van der Waals surface area contributed by atoms with E-state index in [0.717, 1.165) is 0 Å². The number of sulfone groups is 1. The summed E-state index contributed by atoms with van der Waals surface area (Å²) >= 11 is 5.72. The molecule has 1 rings (SSSR count). The van der Waals surface area contributed by atoms with E-state index in [1.54, 1.807) is 30.3 Å². The summed E-state index contributed by atoms with van der Waals surface area (Å²) in [6.07, 6.45) is 1.19. The van der Waals surface area contributed by atoms with Gasteiger partial charge in [0.25, 0.3) is 0 Å². The first-order valence-corrected chi connectivity index (χ1v) is 7.16. The van der Waals surface area contributed by atoms with Crippen molar-refractivity contribution in [2.24, 2.45) is 0 Å². The van der Waals surface area contributed by atoms with Crippen LogP contribution in [0, 0.1) is 11.3 Å². The molecule has 1 aromatic rings. The minimum atomic E-state index is -3.56. The Hall–Kier alpha value is -1.51. The molecule has 0 spiro atoms. The lowest BCUT2D eigenvalue weighted by atomic mass is 10.3. The number of halogens is 1. The van der Waals surface area contributed by atoms with Crippen molar-refractivity contribution in [3.05, 3.63) is 40.4 Å². The standard InChI is InChI=1S/C12H13ClN2O2S/c1-9(2)18(16,17)12(7-14)8-15-11-5-3-10(13)4-6-11/h3-6,8-9,15H,1-2H3/b12-8+. The van der Waals surface area contributed by atoms with E-state index in [-0.39, 0.29) is 4.91 Å². The third kappa shape index (κ3) is 3.49. The highest BCUT2D eigenvalue weighted by Crippen LogP contribution is 2.16. The number of anilines is 1. The number of rotatable bonds is 4. The second kappa shape index (κ2) is 5.89. The average molecular weight is 285 g/mol. The van der Waals surface area contributed by atoms with Gasteiger partial charge in [0, 0.05) is 16.9 Å². The second-order valence-electron chi connectivity index (χ2n) is 3.87. The molecule has 0 saturated carbocycles. The summed E-state index contributed by atoms with van der Waals surface area (Å²) in [6.45, 7) is 3.06. The lowest BCUT2D eigenvalue weighted by Crippen LogP contribution is -2.16. The highest BCUT2D eigenvalue weighted by molar-refractivity contribution is 7.96. The van der Waals surface area contributed by atoms with Crippen LogP contribution in [0.15, 0.2) is 35.4 Å². The van der Waals surface area contributed by atoms with Crippen LogP contribution in [0.2, 0.25) is 5.02 Å². The molecule has 0 radical (unpaired) electrons. The highest BCUT2D eigenvalue weighted by Gasteiger charge is 2.21. The maximum absolute atomic E-state index is 11.8. The number of benzene rings is 1. The lowest BCUT2D eigenvalue weighted by molar-refractivity contribution is 0.595. The third-order valence-electron chi connectivity index (χ3n) is 2.25. The van der Waals surface area contributed by atoms with Crippen molar-refractivity contribution in [1.29, 1.82) is 5.26 Å². The Bertz CT molecular complexity index is 583.